The molecule has 0 aliphatic heterocycles. The van der Waals surface area contributed by atoms with Gasteiger partial charge in [-0.1, -0.05) is 47.0 Å². The van der Waals surface area contributed by atoms with Crippen LogP contribution in [0.4, 0.5) is 10.5 Å². The molecule has 0 radical (unpaired) electrons. The van der Waals surface area contributed by atoms with E-state index in [-0.39, 0.29) is 45.2 Å². The lowest BCUT2D eigenvalue weighted by atomic mass is 10.0. The number of nitrogens with two attached hydrogens (primary N) is 1. The number of benzene rings is 1. The summed E-state index contributed by atoms with van der Waals surface area (Å²) in [5, 5.41) is 14.7. The topological polar surface area (TPSA) is 219 Å². The number of ether oxygens (including phenoxy) is 3. The van der Waals surface area contributed by atoms with E-state index in [1.807, 2.05) is 12.1 Å². The van der Waals surface area contributed by atoms with Gasteiger partial charge in [-0.15, -0.1) is 0 Å². The van der Waals surface area contributed by atoms with E-state index in [1.54, 1.807) is 26.0 Å². The van der Waals surface area contributed by atoms with Crippen LogP contribution in [-0.4, -0.2) is 88.6 Å². The van der Waals surface area contributed by atoms with E-state index in [9.17, 15) is 19.2 Å². The smallest absolute Gasteiger partial charge is 0.312 e. The summed E-state index contributed by atoms with van der Waals surface area (Å²) in [5.41, 5.74) is 14.9. The van der Waals surface area contributed by atoms with Gasteiger partial charge in [0.1, 0.15) is 18.7 Å². The van der Waals surface area contributed by atoms with Crippen molar-refractivity contribution in [2.75, 3.05) is 58.0 Å². The molecular weight excluding hydrogens is 616 g/mol. The average Bonchev–Trinajstić information content (AvgIpc) is 2.96. The van der Waals surface area contributed by atoms with Crippen molar-refractivity contribution < 1.29 is 33.4 Å². The Bertz CT molecular complexity index is 1020. The highest BCUT2D eigenvalue weighted by molar-refractivity contribution is 9.08. The van der Waals surface area contributed by atoms with Gasteiger partial charge in [-0.2, -0.15) is 0 Å². The molecule has 0 aliphatic carbocycles. The van der Waals surface area contributed by atoms with Crippen LogP contribution < -0.4 is 27.0 Å². The van der Waals surface area contributed by atoms with Gasteiger partial charge < -0.3 is 41.2 Å². The summed E-state index contributed by atoms with van der Waals surface area (Å²) in [6, 6.07) is 4.70. The van der Waals surface area contributed by atoms with Crippen molar-refractivity contribution in [3.8, 4) is 0 Å². The highest BCUT2D eigenvalue weighted by atomic mass is 79.9. The maximum Gasteiger partial charge on any atom is 0.312 e. The van der Waals surface area contributed by atoms with Crippen LogP contribution in [0.2, 0.25) is 0 Å². The minimum Gasteiger partial charge on any atom is -0.379 e. The number of hydrogen-bond donors (Lipinski definition) is 5. The molecule has 0 saturated carbocycles. The summed E-state index contributed by atoms with van der Waals surface area (Å²) in [6.07, 6.45) is 0.596. The molecule has 6 N–H and O–H groups in total. The molecule has 1 aromatic carbocycles. The normalized spacial score (nSPS) is 12.1. The Hall–Kier alpha value is -3.43. The first-order chi connectivity index (χ1) is 20.2. The maximum absolute atomic E-state index is 13.2. The zero-order valence-electron chi connectivity index (χ0n) is 24.0. The summed E-state index contributed by atoms with van der Waals surface area (Å²) in [4.78, 5) is 52.3. The molecule has 2 atom stereocenters. The molecular formula is C26H41BrN8O7. The van der Waals surface area contributed by atoms with E-state index in [0.717, 1.165) is 5.56 Å². The predicted octanol–water partition coefficient (Wildman–Crippen LogP) is 1.95. The molecule has 2 unspecified atom stereocenters. The van der Waals surface area contributed by atoms with Crippen molar-refractivity contribution in [3.05, 3.63) is 40.3 Å². The Morgan fingerprint density at radius 3 is 2.21 bits per heavy atom. The number of hydrogen-bond acceptors (Lipinski definition) is 8. The summed E-state index contributed by atoms with van der Waals surface area (Å²) in [6.45, 7) is 5.07. The molecule has 15 nitrogen and oxygen atoms in total. The van der Waals surface area contributed by atoms with E-state index in [2.05, 4.69) is 47.2 Å². The van der Waals surface area contributed by atoms with Gasteiger partial charge >= 0.3 is 6.03 Å². The second kappa shape index (κ2) is 22.2. The van der Waals surface area contributed by atoms with Gasteiger partial charge in [0.25, 0.3) is 0 Å². The largest absolute Gasteiger partial charge is 0.379 e. The predicted molar refractivity (Wildman–Crippen MR) is 160 cm³/mol. The Kier molecular flexibility index (Phi) is 19.3. The second-order valence-corrected chi connectivity index (χ2v) is 9.90. The van der Waals surface area contributed by atoms with Gasteiger partial charge in [-0.05, 0) is 42.0 Å². The molecule has 0 aromatic heterocycles. The Morgan fingerprint density at radius 2 is 1.62 bits per heavy atom. The lowest BCUT2D eigenvalue weighted by Crippen LogP contribution is -2.55. The number of amides is 5. The van der Waals surface area contributed by atoms with Crippen molar-refractivity contribution in [3.63, 3.8) is 0 Å². The summed E-state index contributed by atoms with van der Waals surface area (Å²) < 4.78 is 15.9. The van der Waals surface area contributed by atoms with Crippen molar-refractivity contribution in [2.45, 2.75) is 44.1 Å². The molecule has 234 valence electrons. The van der Waals surface area contributed by atoms with Crippen molar-refractivity contribution in [1.82, 2.24) is 16.0 Å². The third-order valence-electron chi connectivity index (χ3n) is 5.62. The monoisotopic (exact) mass is 656 g/mol. The molecule has 0 saturated heterocycles. The van der Waals surface area contributed by atoms with Gasteiger partial charge in [0.15, 0.2) is 0 Å². The summed E-state index contributed by atoms with van der Waals surface area (Å²) in [7, 11) is 0. The average molecular weight is 658 g/mol. The highest BCUT2D eigenvalue weighted by Gasteiger charge is 2.28. The van der Waals surface area contributed by atoms with E-state index < -0.39 is 35.8 Å². The molecule has 0 bridgehead atoms. The SMILES string of the molecule is CC(C)C(NC(=O)COCCOCCOCCN=[N+]=[N-])C(=O)NC(CCCNC(N)=O)C(=O)Nc1ccc(CBr)cc1. The van der Waals surface area contributed by atoms with Crippen LogP contribution in [0.15, 0.2) is 29.4 Å². The molecule has 0 heterocycles. The number of nitrogens with zero attached hydrogens (tertiary/aromatic N) is 3. The Labute approximate surface area is 253 Å². The summed E-state index contributed by atoms with van der Waals surface area (Å²) >= 11 is 3.38. The minimum atomic E-state index is -0.933. The van der Waals surface area contributed by atoms with Crippen LogP contribution in [0.1, 0.15) is 32.3 Å². The van der Waals surface area contributed by atoms with Crippen LogP contribution in [0, 0.1) is 5.92 Å². The fourth-order valence-electron chi connectivity index (χ4n) is 3.46. The van der Waals surface area contributed by atoms with Crippen LogP contribution in [0.25, 0.3) is 10.4 Å². The number of azide groups is 1. The van der Waals surface area contributed by atoms with E-state index in [0.29, 0.717) is 37.3 Å². The number of nitrogens with one attached hydrogen (secondary N) is 4. The second-order valence-electron chi connectivity index (χ2n) is 9.34. The van der Waals surface area contributed by atoms with Crippen LogP contribution in [-0.2, 0) is 33.9 Å². The first kappa shape index (κ1) is 36.6. The van der Waals surface area contributed by atoms with E-state index >= 15 is 0 Å². The Morgan fingerprint density at radius 1 is 0.976 bits per heavy atom. The molecule has 0 aliphatic rings. The van der Waals surface area contributed by atoms with Crippen LogP contribution in [0.3, 0.4) is 0 Å². The van der Waals surface area contributed by atoms with Crippen molar-refractivity contribution >= 4 is 45.4 Å². The zero-order chi connectivity index (χ0) is 31.2. The van der Waals surface area contributed by atoms with Crippen LogP contribution >= 0.6 is 15.9 Å². The third kappa shape index (κ3) is 16.7. The van der Waals surface area contributed by atoms with Gasteiger partial charge in [0.2, 0.25) is 17.7 Å². The first-order valence-corrected chi connectivity index (χ1v) is 14.6. The molecule has 16 heteroatoms. The van der Waals surface area contributed by atoms with E-state index in [1.165, 1.54) is 0 Å². The third-order valence-corrected chi connectivity index (χ3v) is 6.27. The number of carbonyl (C=O) groups excluding carboxylic acids is 4. The Balaban J connectivity index is 2.60. The molecule has 1 rings (SSSR count). The lowest BCUT2D eigenvalue weighted by molar-refractivity contribution is -0.134. The van der Waals surface area contributed by atoms with Gasteiger partial charge in [-0.25, -0.2) is 4.79 Å². The number of urea groups is 1. The van der Waals surface area contributed by atoms with Gasteiger partial charge in [0, 0.05) is 29.0 Å². The fourth-order valence-corrected chi connectivity index (χ4v) is 3.83. The maximum atomic E-state index is 13.2. The number of alkyl halides is 1. The number of anilines is 1. The minimum absolute atomic E-state index is 0.156. The molecule has 0 fully saturated rings. The summed E-state index contributed by atoms with van der Waals surface area (Å²) in [5.74, 6) is -1.75. The molecule has 1 aromatic rings. The standard InChI is InChI=1S/C26H41BrN8O7/c1-18(2)23(34-22(36)17-42-15-14-41-13-12-40-11-10-31-35-29)25(38)33-21(4-3-9-30-26(28)39)24(37)32-20-7-5-19(16-27)6-8-20/h5-8,18,21,23H,3-4,9-17H2,1-2H3,(H,32,37)(H,33,38)(H,34,36)(H3,28,30,39). The molecule has 42 heavy (non-hydrogen) atoms. The number of halogens is 1. The number of carbonyl (C=O) groups is 4. The van der Waals surface area contributed by atoms with Gasteiger partial charge in [0.05, 0.1) is 33.0 Å². The number of rotatable bonds is 22. The fraction of sp³-hybridized carbons (Fsp3) is 0.615. The van der Waals surface area contributed by atoms with E-state index in [4.69, 9.17) is 25.5 Å². The van der Waals surface area contributed by atoms with Crippen molar-refractivity contribution in [2.24, 2.45) is 16.8 Å². The molecule has 5 amide bonds. The molecule has 0 spiro atoms. The zero-order valence-corrected chi connectivity index (χ0v) is 25.6. The number of primary amides is 1. The lowest BCUT2D eigenvalue weighted by Gasteiger charge is -2.25. The van der Waals surface area contributed by atoms with Crippen LogP contribution in [0.5, 0.6) is 0 Å². The van der Waals surface area contributed by atoms with Gasteiger partial charge in [-0.3, -0.25) is 14.4 Å². The highest BCUT2D eigenvalue weighted by Crippen LogP contribution is 2.13. The van der Waals surface area contributed by atoms with Crippen molar-refractivity contribution in [1.29, 1.82) is 0 Å². The quantitative estimate of drug-likeness (QED) is 0.0410. The first-order valence-electron chi connectivity index (χ1n) is 13.5.